The lowest BCUT2D eigenvalue weighted by atomic mass is 9.60. The summed E-state index contributed by atoms with van der Waals surface area (Å²) in [5.74, 6) is 0.106. The molecule has 0 saturated heterocycles. The zero-order valence-corrected chi connectivity index (χ0v) is 13.0. The van der Waals surface area contributed by atoms with Gasteiger partial charge in [0.25, 0.3) is 0 Å². The number of amides is 1. The molecule has 1 spiro atoms. The van der Waals surface area contributed by atoms with Gasteiger partial charge in [-0.05, 0) is 31.7 Å². The molecule has 1 aromatic heterocycles. The summed E-state index contributed by atoms with van der Waals surface area (Å²) in [4.78, 5) is 12.2. The first-order valence-electron chi connectivity index (χ1n) is 8.02. The molecule has 5 nitrogen and oxygen atoms in total. The molecule has 2 atom stereocenters. The highest BCUT2D eigenvalue weighted by Gasteiger charge is 2.57. The van der Waals surface area contributed by atoms with Crippen LogP contribution in [0.5, 0.6) is 0 Å². The molecule has 2 aliphatic rings. The Kier molecular flexibility index (Phi) is 4.02. The van der Waals surface area contributed by atoms with Gasteiger partial charge in [-0.2, -0.15) is 5.10 Å². The van der Waals surface area contributed by atoms with Crippen LogP contribution in [0.2, 0.25) is 0 Å². The van der Waals surface area contributed by atoms with Crippen LogP contribution in [0.1, 0.15) is 44.6 Å². The van der Waals surface area contributed by atoms with Gasteiger partial charge in [0.15, 0.2) is 0 Å². The van der Waals surface area contributed by atoms with Gasteiger partial charge < -0.3 is 10.1 Å². The first kappa shape index (κ1) is 14.6. The van der Waals surface area contributed by atoms with E-state index in [1.54, 1.807) is 10.9 Å². The van der Waals surface area contributed by atoms with E-state index < -0.39 is 0 Å². The first-order chi connectivity index (χ1) is 10.1. The zero-order chi connectivity index (χ0) is 14.9. The SMILES string of the molecule is CCO[C@H]1C[C@H](NC(=O)Cc2cnn(C)c2)C12CCCC2. The number of nitrogens with one attached hydrogen (secondary N) is 1. The van der Waals surface area contributed by atoms with Gasteiger partial charge in [0.05, 0.1) is 18.7 Å². The molecule has 5 heteroatoms. The van der Waals surface area contributed by atoms with E-state index in [2.05, 4.69) is 17.3 Å². The van der Waals surface area contributed by atoms with Gasteiger partial charge in [-0.3, -0.25) is 9.48 Å². The molecule has 0 aliphatic heterocycles. The monoisotopic (exact) mass is 291 g/mol. The summed E-state index contributed by atoms with van der Waals surface area (Å²) in [5.41, 5.74) is 1.18. The lowest BCUT2D eigenvalue weighted by molar-refractivity contribution is -0.143. The van der Waals surface area contributed by atoms with E-state index in [0.717, 1.165) is 18.6 Å². The Morgan fingerprint density at radius 2 is 2.29 bits per heavy atom. The maximum Gasteiger partial charge on any atom is 0.224 e. The number of aromatic nitrogens is 2. The van der Waals surface area contributed by atoms with Crippen LogP contribution >= 0.6 is 0 Å². The second-order valence-corrected chi connectivity index (χ2v) is 6.44. The van der Waals surface area contributed by atoms with Crippen molar-refractivity contribution < 1.29 is 9.53 Å². The van der Waals surface area contributed by atoms with Crippen molar-refractivity contribution in [1.29, 1.82) is 0 Å². The number of rotatable bonds is 5. The molecular weight excluding hydrogens is 266 g/mol. The standard InChI is InChI=1S/C16H25N3O2/c1-3-21-14-9-13(16(14)6-4-5-7-16)18-15(20)8-12-10-17-19(2)11-12/h10-11,13-14H,3-9H2,1-2H3,(H,18,20)/t13-,14-/m0/s1. The highest BCUT2D eigenvalue weighted by molar-refractivity contribution is 5.79. The molecule has 0 bridgehead atoms. The smallest absolute Gasteiger partial charge is 0.224 e. The van der Waals surface area contributed by atoms with Crippen molar-refractivity contribution in [1.82, 2.24) is 15.1 Å². The minimum atomic E-state index is 0.106. The Morgan fingerprint density at radius 3 is 2.90 bits per heavy atom. The van der Waals surface area contributed by atoms with Crippen molar-refractivity contribution in [3.05, 3.63) is 18.0 Å². The van der Waals surface area contributed by atoms with Crippen molar-refractivity contribution in [2.24, 2.45) is 12.5 Å². The fourth-order valence-electron chi connectivity index (χ4n) is 4.08. The zero-order valence-electron chi connectivity index (χ0n) is 13.0. The van der Waals surface area contributed by atoms with Crippen LogP contribution in [0, 0.1) is 5.41 Å². The van der Waals surface area contributed by atoms with E-state index in [1.807, 2.05) is 13.2 Å². The molecule has 1 heterocycles. The van der Waals surface area contributed by atoms with Gasteiger partial charge in [-0.25, -0.2) is 0 Å². The highest BCUT2D eigenvalue weighted by Crippen LogP contribution is 2.54. The van der Waals surface area contributed by atoms with Crippen molar-refractivity contribution in [3.8, 4) is 0 Å². The third-order valence-electron chi connectivity index (χ3n) is 5.15. The summed E-state index contributed by atoms with van der Waals surface area (Å²) >= 11 is 0. The largest absolute Gasteiger partial charge is 0.378 e. The number of aryl methyl sites for hydroxylation is 1. The van der Waals surface area contributed by atoms with Gasteiger partial charge in [0, 0.05) is 31.3 Å². The number of carbonyl (C=O) groups is 1. The highest BCUT2D eigenvalue weighted by atomic mass is 16.5. The fraction of sp³-hybridized carbons (Fsp3) is 0.750. The van der Waals surface area contributed by atoms with E-state index in [4.69, 9.17) is 4.74 Å². The third kappa shape index (κ3) is 2.71. The maximum absolute atomic E-state index is 12.2. The van der Waals surface area contributed by atoms with Crippen molar-refractivity contribution in [2.75, 3.05) is 6.61 Å². The predicted molar refractivity (Wildman–Crippen MR) is 79.8 cm³/mol. The summed E-state index contributed by atoms with van der Waals surface area (Å²) in [6.45, 7) is 2.82. The summed E-state index contributed by atoms with van der Waals surface area (Å²) in [5, 5.41) is 7.35. The molecule has 21 heavy (non-hydrogen) atoms. The molecule has 0 radical (unpaired) electrons. The number of hydrogen-bond acceptors (Lipinski definition) is 3. The van der Waals surface area contributed by atoms with Crippen molar-refractivity contribution in [3.63, 3.8) is 0 Å². The van der Waals surface area contributed by atoms with Crippen LogP contribution in [0.25, 0.3) is 0 Å². The molecule has 1 aromatic rings. The van der Waals surface area contributed by atoms with Gasteiger partial charge in [-0.1, -0.05) is 12.8 Å². The second-order valence-electron chi connectivity index (χ2n) is 6.44. The minimum absolute atomic E-state index is 0.106. The van der Waals surface area contributed by atoms with Crippen LogP contribution in [0.15, 0.2) is 12.4 Å². The molecule has 2 aliphatic carbocycles. The normalized spacial score (nSPS) is 26.8. The summed E-state index contributed by atoms with van der Waals surface area (Å²) in [6.07, 6.45) is 10.3. The quantitative estimate of drug-likeness (QED) is 0.900. The van der Waals surface area contributed by atoms with E-state index in [0.29, 0.717) is 18.6 Å². The maximum atomic E-state index is 12.2. The van der Waals surface area contributed by atoms with Crippen molar-refractivity contribution in [2.45, 2.75) is 57.6 Å². The van der Waals surface area contributed by atoms with Gasteiger partial charge in [0.1, 0.15) is 0 Å². The minimum Gasteiger partial charge on any atom is -0.378 e. The summed E-state index contributed by atoms with van der Waals surface area (Å²) in [6, 6.07) is 0.292. The summed E-state index contributed by atoms with van der Waals surface area (Å²) < 4.78 is 7.62. The van der Waals surface area contributed by atoms with Crippen LogP contribution in [-0.2, 0) is 23.0 Å². The first-order valence-corrected chi connectivity index (χ1v) is 8.02. The Morgan fingerprint density at radius 1 is 1.52 bits per heavy atom. The fourth-order valence-corrected chi connectivity index (χ4v) is 4.08. The van der Waals surface area contributed by atoms with Crippen LogP contribution in [-0.4, -0.2) is 34.4 Å². The van der Waals surface area contributed by atoms with E-state index in [9.17, 15) is 4.79 Å². The molecule has 0 unspecified atom stereocenters. The molecular formula is C16H25N3O2. The molecule has 0 aromatic carbocycles. The average molecular weight is 291 g/mol. The average Bonchev–Trinajstić information content (AvgIpc) is 3.08. The van der Waals surface area contributed by atoms with E-state index in [1.165, 1.54) is 25.7 Å². The van der Waals surface area contributed by atoms with E-state index >= 15 is 0 Å². The van der Waals surface area contributed by atoms with Crippen molar-refractivity contribution >= 4 is 5.91 Å². The van der Waals surface area contributed by atoms with Crippen LogP contribution < -0.4 is 5.32 Å². The van der Waals surface area contributed by atoms with Crippen LogP contribution in [0.4, 0.5) is 0 Å². The number of carbonyl (C=O) groups excluding carboxylic acids is 1. The number of nitrogens with zero attached hydrogens (tertiary/aromatic N) is 2. The third-order valence-corrected chi connectivity index (χ3v) is 5.15. The van der Waals surface area contributed by atoms with Gasteiger partial charge in [-0.15, -0.1) is 0 Å². The Bertz CT molecular complexity index is 505. The van der Waals surface area contributed by atoms with E-state index in [-0.39, 0.29) is 11.3 Å². The topological polar surface area (TPSA) is 56.1 Å². The number of ether oxygens (including phenoxy) is 1. The lowest BCUT2D eigenvalue weighted by Gasteiger charge is -2.54. The van der Waals surface area contributed by atoms with Gasteiger partial charge in [0.2, 0.25) is 5.91 Å². The predicted octanol–water partition coefficient (Wildman–Crippen LogP) is 1.82. The molecule has 116 valence electrons. The van der Waals surface area contributed by atoms with Gasteiger partial charge >= 0.3 is 0 Å². The molecule has 3 rings (SSSR count). The molecule has 2 fully saturated rings. The lowest BCUT2D eigenvalue weighted by Crippen LogP contribution is -2.63. The number of hydrogen-bond donors (Lipinski definition) is 1. The summed E-state index contributed by atoms with van der Waals surface area (Å²) in [7, 11) is 1.87. The molecule has 2 saturated carbocycles. The Balaban J connectivity index is 1.58. The van der Waals surface area contributed by atoms with Crippen LogP contribution in [0.3, 0.4) is 0 Å². The second kappa shape index (κ2) is 5.79. The Labute approximate surface area is 126 Å². The molecule has 1 N–H and O–H groups in total. The molecule has 1 amide bonds. The Hall–Kier alpha value is -1.36.